The van der Waals surface area contributed by atoms with Crippen LogP contribution >= 0.6 is 11.6 Å². The third-order valence-electron chi connectivity index (χ3n) is 1.14. The number of hydrogen-bond donors (Lipinski definition) is 2. The number of aliphatic carboxylic acids is 1. The van der Waals surface area contributed by atoms with Gasteiger partial charge in [0.15, 0.2) is 0 Å². The summed E-state index contributed by atoms with van der Waals surface area (Å²) >= 11 is 5.56. The van der Waals surface area contributed by atoms with Crippen molar-refractivity contribution in [3.63, 3.8) is 0 Å². The van der Waals surface area contributed by atoms with Crippen LogP contribution in [0.5, 0.6) is 0 Å². The third kappa shape index (κ3) is 1.14. The average molecular weight is 160 g/mol. The molecule has 0 spiro atoms. The fourth-order valence-corrected chi connectivity index (χ4v) is 0.730. The van der Waals surface area contributed by atoms with Crippen molar-refractivity contribution in [2.45, 2.75) is 5.00 Å². The second kappa shape index (κ2) is 2.34. The molecule has 1 aliphatic heterocycles. The molecule has 10 heavy (non-hydrogen) atoms. The number of rotatable bonds is 1. The van der Waals surface area contributed by atoms with E-state index >= 15 is 0 Å². The van der Waals surface area contributed by atoms with Gasteiger partial charge in [-0.3, -0.25) is 0 Å². The Morgan fingerprint density at radius 2 is 2.30 bits per heavy atom. The number of nitrogens with one attached hydrogen (secondary N) is 1. The molecule has 1 heterocycles. The van der Waals surface area contributed by atoms with Gasteiger partial charge in [-0.15, -0.1) is 0 Å². The standard InChI is InChI=1S/C6H6ClNO2/c7-6(5(9)10)3-1-2-4-8-6/h1-4,8H,(H,9,10). The number of allylic oxidation sites excluding steroid dienone is 2. The molecular formula is C6H6ClNO2. The normalized spacial score (nSPS) is 29.7. The first-order valence-electron chi connectivity index (χ1n) is 2.69. The Hall–Kier alpha value is -0.960. The molecule has 1 aliphatic rings. The molecule has 0 aromatic rings. The lowest BCUT2D eigenvalue weighted by atomic mass is 10.2. The Bertz CT molecular complexity index is 212. The highest BCUT2D eigenvalue weighted by molar-refractivity contribution is 6.35. The van der Waals surface area contributed by atoms with Gasteiger partial charge in [-0.05, 0) is 18.4 Å². The second-order valence-electron chi connectivity index (χ2n) is 1.88. The van der Waals surface area contributed by atoms with Crippen molar-refractivity contribution in [2.24, 2.45) is 0 Å². The summed E-state index contributed by atoms with van der Waals surface area (Å²) in [5.41, 5.74) is 0. The summed E-state index contributed by atoms with van der Waals surface area (Å²) in [5.74, 6) is -1.10. The largest absolute Gasteiger partial charge is 0.478 e. The van der Waals surface area contributed by atoms with Crippen LogP contribution in [0.15, 0.2) is 24.4 Å². The van der Waals surface area contributed by atoms with E-state index in [1.54, 1.807) is 12.2 Å². The molecule has 0 fully saturated rings. The highest BCUT2D eigenvalue weighted by atomic mass is 35.5. The van der Waals surface area contributed by atoms with Crippen LogP contribution in [0.1, 0.15) is 0 Å². The first-order valence-corrected chi connectivity index (χ1v) is 3.07. The van der Waals surface area contributed by atoms with Gasteiger partial charge in [0.05, 0.1) is 0 Å². The first kappa shape index (κ1) is 7.15. The van der Waals surface area contributed by atoms with Gasteiger partial charge in [0.1, 0.15) is 0 Å². The number of halogens is 1. The molecule has 0 bridgehead atoms. The van der Waals surface area contributed by atoms with Crippen molar-refractivity contribution in [1.29, 1.82) is 0 Å². The van der Waals surface area contributed by atoms with Crippen LogP contribution < -0.4 is 5.32 Å². The zero-order chi connectivity index (χ0) is 7.61. The zero-order valence-electron chi connectivity index (χ0n) is 5.04. The Kier molecular flexibility index (Phi) is 1.68. The highest BCUT2D eigenvalue weighted by Gasteiger charge is 2.32. The quantitative estimate of drug-likeness (QED) is 0.437. The summed E-state index contributed by atoms with van der Waals surface area (Å²) in [6.07, 6.45) is 6.11. The van der Waals surface area contributed by atoms with Gasteiger partial charge in [-0.1, -0.05) is 17.7 Å². The molecule has 0 amide bonds. The van der Waals surface area contributed by atoms with E-state index in [4.69, 9.17) is 16.7 Å². The van der Waals surface area contributed by atoms with E-state index in [2.05, 4.69) is 5.32 Å². The van der Waals surface area contributed by atoms with Gasteiger partial charge in [0, 0.05) is 0 Å². The number of hydrogen-bond acceptors (Lipinski definition) is 2. The van der Waals surface area contributed by atoms with Crippen LogP contribution in [0, 0.1) is 0 Å². The molecule has 54 valence electrons. The summed E-state index contributed by atoms with van der Waals surface area (Å²) in [6, 6.07) is 0. The van der Waals surface area contributed by atoms with E-state index in [1.165, 1.54) is 12.3 Å². The summed E-state index contributed by atoms with van der Waals surface area (Å²) in [4.78, 5) is 8.95. The molecule has 0 radical (unpaired) electrons. The number of carboxylic acid groups (broad SMARTS) is 1. The van der Waals surface area contributed by atoms with Crippen molar-refractivity contribution in [1.82, 2.24) is 5.32 Å². The molecule has 1 atom stereocenters. The van der Waals surface area contributed by atoms with Crippen LogP contribution in [0.25, 0.3) is 0 Å². The Morgan fingerprint density at radius 1 is 1.60 bits per heavy atom. The minimum absolute atomic E-state index is 1.10. The Morgan fingerprint density at radius 3 is 2.60 bits per heavy atom. The lowest BCUT2D eigenvalue weighted by Gasteiger charge is -2.19. The van der Waals surface area contributed by atoms with Crippen molar-refractivity contribution in [3.05, 3.63) is 24.4 Å². The molecule has 0 saturated heterocycles. The van der Waals surface area contributed by atoms with Crippen LogP contribution in [0.3, 0.4) is 0 Å². The summed E-state index contributed by atoms with van der Waals surface area (Å²) in [6.45, 7) is 0. The zero-order valence-corrected chi connectivity index (χ0v) is 5.80. The lowest BCUT2D eigenvalue weighted by Crippen LogP contribution is -2.43. The van der Waals surface area contributed by atoms with Crippen molar-refractivity contribution in [2.75, 3.05) is 0 Å². The highest BCUT2D eigenvalue weighted by Crippen LogP contribution is 2.15. The number of carboxylic acids is 1. The number of dihydropyridines is 1. The SMILES string of the molecule is O=C(O)C1(Cl)C=CC=CN1. The molecule has 0 aromatic heterocycles. The van der Waals surface area contributed by atoms with Crippen molar-refractivity contribution >= 4 is 17.6 Å². The molecule has 3 nitrogen and oxygen atoms in total. The van der Waals surface area contributed by atoms with Crippen LogP contribution in [-0.2, 0) is 4.79 Å². The van der Waals surface area contributed by atoms with Crippen molar-refractivity contribution < 1.29 is 9.90 Å². The van der Waals surface area contributed by atoms with Crippen LogP contribution in [0.4, 0.5) is 0 Å². The summed E-state index contributed by atoms with van der Waals surface area (Å²) in [7, 11) is 0. The Balaban J connectivity index is 2.80. The van der Waals surface area contributed by atoms with Gasteiger partial charge in [-0.25, -0.2) is 4.79 Å². The van der Waals surface area contributed by atoms with Gasteiger partial charge in [-0.2, -0.15) is 0 Å². The topological polar surface area (TPSA) is 49.3 Å². The van der Waals surface area contributed by atoms with E-state index in [0.29, 0.717) is 0 Å². The van der Waals surface area contributed by atoms with Gasteiger partial charge >= 0.3 is 5.97 Å². The molecule has 0 aliphatic carbocycles. The van der Waals surface area contributed by atoms with E-state index in [9.17, 15) is 4.79 Å². The number of alkyl halides is 1. The molecule has 1 unspecified atom stereocenters. The molecule has 2 N–H and O–H groups in total. The summed E-state index contributed by atoms with van der Waals surface area (Å²) < 4.78 is 0. The average Bonchev–Trinajstić information content (AvgIpc) is 1.89. The predicted octanol–water partition coefficient (Wildman–Crippen LogP) is 0.679. The minimum atomic E-state index is -1.45. The maximum absolute atomic E-state index is 10.4. The third-order valence-corrected chi connectivity index (χ3v) is 1.53. The molecule has 1 rings (SSSR count). The van der Waals surface area contributed by atoms with E-state index < -0.39 is 11.0 Å². The van der Waals surface area contributed by atoms with E-state index in [1.807, 2.05) is 0 Å². The van der Waals surface area contributed by atoms with Crippen LogP contribution in [0.2, 0.25) is 0 Å². The Labute approximate surface area is 63.0 Å². The lowest BCUT2D eigenvalue weighted by molar-refractivity contribution is -0.139. The molecule has 0 saturated carbocycles. The second-order valence-corrected chi connectivity index (χ2v) is 2.48. The fourth-order valence-electron chi connectivity index (χ4n) is 0.594. The first-order chi connectivity index (χ1) is 4.65. The van der Waals surface area contributed by atoms with Gasteiger partial charge < -0.3 is 10.4 Å². The van der Waals surface area contributed by atoms with E-state index in [-0.39, 0.29) is 0 Å². The van der Waals surface area contributed by atoms with E-state index in [0.717, 1.165) is 0 Å². The van der Waals surface area contributed by atoms with Gasteiger partial charge in [0.25, 0.3) is 0 Å². The molecule has 4 heteroatoms. The predicted molar refractivity (Wildman–Crippen MR) is 37.6 cm³/mol. The maximum Gasteiger partial charge on any atom is 0.349 e. The minimum Gasteiger partial charge on any atom is -0.478 e. The van der Waals surface area contributed by atoms with Crippen LogP contribution in [-0.4, -0.2) is 16.1 Å². The maximum atomic E-state index is 10.4. The monoisotopic (exact) mass is 159 g/mol. The fraction of sp³-hybridized carbons (Fsp3) is 0.167. The molecular weight excluding hydrogens is 154 g/mol. The van der Waals surface area contributed by atoms with Crippen molar-refractivity contribution in [3.8, 4) is 0 Å². The number of carbonyl (C=O) groups is 1. The van der Waals surface area contributed by atoms with Gasteiger partial charge in [0.2, 0.25) is 5.00 Å². The summed E-state index contributed by atoms with van der Waals surface area (Å²) in [5, 5.41) is 11.0. The smallest absolute Gasteiger partial charge is 0.349 e. The molecule has 0 aromatic carbocycles.